The van der Waals surface area contributed by atoms with Crippen molar-refractivity contribution in [2.75, 3.05) is 33.0 Å². The molecule has 1 saturated heterocycles. The highest BCUT2D eigenvalue weighted by molar-refractivity contribution is 5.45. The third kappa shape index (κ3) is 1.94. The smallest absolute Gasteiger partial charge is 0.207 e. The third-order valence-electron chi connectivity index (χ3n) is 3.21. The van der Waals surface area contributed by atoms with Crippen molar-refractivity contribution in [2.45, 2.75) is 12.2 Å². The third-order valence-corrected chi connectivity index (χ3v) is 3.21. The number of rotatable bonds is 2. The molecule has 0 spiro atoms. The van der Waals surface area contributed by atoms with E-state index in [4.69, 9.17) is 24.7 Å². The second-order valence-corrected chi connectivity index (χ2v) is 4.37. The van der Waals surface area contributed by atoms with Crippen LogP contribution in [0.15, 0.2) is 18.2 Å². The van der Waals surface area contributed by atoms with Crippen LogP contribution < -0.4 is 15.2 Å². The Morgan fingerprint density at radius 1 is 1.00 bits per heavy atom. The Morgan fingerprint density at radius 3 is 2.44 bits per heavy atom. The van der Waals surface area contributed by atoms with Gasteiger partial charge < -0.3 is 24.7 Å². The van der Waals surface area contributed by atoms with Gasteiger partial charge in [0.1, 0.15) is 13.2 Å². The highest BCUT2D eigenvalue weighted by atomic mass is 16.7. The quantitative estimate of drug-likeness (QED) is 0.849. The van der Waals surface area contributed by atoms with Crippen LogP contribution in [0, 0.1) is 0 Å². The molecular formula is C13H17NO4. The van der Waals surface area contributed by atoms with Crippen molar-refractivity contribution in [3.05, 3.63) is 23.8 Å². The number of nitrogens with two attached hydrogens (primary N) is 1. The number of benzene rings is 1. The standard InChI is InChI=1S/C13H17NO4/c14-9-13(17-4-1-5-18-13)10-2-3-11-12(8-10)16-7-6-15-11/h2-3,8H,1,4-7,9,14H2. The first-order valence-corrected chi connectivity index (χ1v) is 6.22. The lowest BCUT2D eigenvalue weighted by atomic mass is 10.0. The van der Waals surface area contributed by atoms with Gasteiger partial charge in [0.2, 0.25) is 5.79 Å². The molecule has 2 aliphatic heterocycles. The van der Waals surface area contributed by atoms with Crippen molar-refractivity contribution in [2.24, 2.45) is 5.73 Å². The Kier molecular flexibility index (Phi) is 3.11. The zero-order chi connectivity index (χ0) is 12.4. The summed E-state index contributed by atoms with van der Waals surface area (Å²) in [6, 6.07) is 5.70. The molecule has 2 N–H and O–H groups in total. The number of hydrogen-bond donors (Lipinski definition) is 1. The molecule has 3 rings (SSSR count). The summed E-state index contributed by atoms with van der Waals surface area (Å²) in [6.07, 6.45) is 0.895. The van der Waals surface area contributed by atoms with Crippen LogP contribution in [0.25, 0.3) is 0 Å². The van der Waals surface area contributed by atoms with E-state index in [1.807, 2.05) is 18.2 Å². The van der Waals surface area contributed by atoms with Crippen LogP contribution >= 0.6 is 0 Å². The summed E-state index contributed by atoms with van der Waals surface area (Å²) in [5.74, 6) is 0.644. The Labute approximate surface area is 106 Å². The van der Waals surface area contributed by atoms with Gasteiger partial charge in [-0.25, -0.2) is 0 Å². The second kappa shape index (κ2) is 4.76. The molecule has 0 amide bonds. The summed E-state index contributed by atoms with van der Waals surface area (Å²) in [4.78, 5) is 0. The predicted octanol–water partition coefficient (Wildman–Crippen LogP) is 1.01. The zero-order valence-electron chi connectivity index (χ0n) is 10.2. The fourth-order valence-corrected chi connectivity index (χ4v) is 2.26. The minimum atomic E-state index is -0.839. The topological polar surface area (TPSA) is 62.9 Å². The van der Waals surface area contributed by atoms with Gasteiger partial charge in [-0.05, 0) is 24.6 Å². The van der Waals surface area contributed by atoms with Crippen LogP contribution in [0.2, 0.25) is 0 Å². The minimum Gasteiger partial charge on any atom is -0.486 e. The summed E-state index contributed by atoms with van der Waals surface area (Å²) >= 11 is 0. The van der Waals surface area contributed by atoms with Gasteiger partial charge in [-0.15, -0.1) is 0 Å². The highest BCUT2D eigenvalue weighted by Gasteiger charge is 2.36. The molecule has 2 aliphatic rings. The predicted molar refractivity (Wildman–Crippen MR) is 64.7 cm³/mol. The number of ether oxygens (including phenoxy) is 4. The van der Waals surface area contributed by atoms with Crippen LogP contribution in [-0.2, 0) is 15.3 Å². The Bertz CT molecular complexity index is 429. The molecule has 5 nitrogen and oxygen atoms in total. The first-order valence-electron chi connectivity index (χ1n) is 6.22. The van der Waals surface area contributed by atoms with E-state index >= 15 is 0 Å². The summed E-state index contributed by atoms with van der Waals surface area (Å²) < 4.78 is 22.6. The molecule has 1 aromatic carbocycles. The molecule has 0 saturated carbocycles. The van der Waals surface area contributed by atoms with Crippen molar-refractivity contribution >= 4 is 0 Å². The lowest BCUT2D eigenvalue weighted by molar-refractivity contribution is -0.269. The van der Waals surface area contributed by atoms with Gasteiger partial charge in [0.05, 0.1) is 19.8 Å². The molecule has 5 heteroatoms. The number of fused-ring (bicyclic) bond motifs is 1. The van der Waals surface area contributed by atoms with Gasteiger partial charge in [-0.3, -0.25) is 0 Å². The molecule has 0 aromatic heterocycles. The van der Waals surface area contributed by atoms with E-state index in [1.54, 1.807) is 0 Å². The summed E-state index contributed by atoms with van der Waals surface area (Å²) in [7, 11) is 0. The molecule has 0 radical (unpaired) electrons. The normalized spacial score (nSPS) is 21.6. The lowest BCUT2D eigenvalue weighted by Gasteiger charge is -2.37. The van der Waals surface area contributed by atoms with Gasteiger partial charge in [-0.2, -0.15) is 0 Å². The maximum Gasteiger partial charge on any atom is 0.207 e. The van der Waals surface area contributed by atoms with E-state index in [2.05, 4.69) is 0 Å². The van der Waals surface area contributed by atoms with Gasteiger partial charge in [0.15, 0.2) is 11.5 Å². The molecule has 0 atom stereocenters. The van der Waals surface area contributed by atoms with Crippen molar-refractivity contribution in [3.63, 3.8) is 0 Å². The largest absolute Gasteiger partial charge is 0.486 e. The monoisotopic (exact) mass is 251 g/mol. The summed E-state index contributed by atoms with van der Waals surface area (Å²) in [6.45, 7) is 2.75. The molecule has 1 fully saturated rings. The van der Waals surface area contributed by atoms with E-state index in [0.29, 0.717) is 26.4 Å². The lowest BCUT2D eigenvalue weighted by Crippen LogP contribution is -2.44. The van der Waals surface area contributed by atoms with E-state index in [1.165, 1.54) is 0 Å². The van der Waals surface area contributed by atoms with Crippen LogP contribution in [-0.4, -0.2) is 33.0 Å². The van der Waals surface area contributed by atoms with Crippen LogP contribution in [0.5, 0.6) is 11.5 Å². The molecule has 0 bridgehead atoms. The van der Waals surface area contributed by atoms with Crippen molar-refractivity contribution in [1.29, 1.82) is 0 Å². The van der Waals surface area contributed by atoms with Crippen LogP contribution in [0.4, 0.5) is 0 Å². The zero-order valence-corrected chi connectivity index (χ0v) is 10.2. The minimum absolute atomic E-state index is 0.284. The summed E-state index contributed by atoms with van der Waals surface area (Å²) in [5, 5.41) is 0. The molecular weight excluding hydrogens is 234 g/mol. The summed E-state index contributed by atoms with van der Waals surface area (Å²) in [5.41, 5.74) is 6.71. The average molecular weight is 251 g/mol. The van der Waals surface area contributed by atoms with E-state index in [9.17, 15) is 0 Å². The Balaban J connectivity index is 1.94. The first-order chi connectivity index (χ1) is 8.84. The van der Waals surface area contributed by atoms with Crippen molar-refractivity contribution in [1.82, 2.24) is 0 Å². The fraction of sp³-hybridized carbons (Fsp3) is 0.538. The van der Waals surface area contributed by atoms with Gasteiger partial charge >= 0.3 is 0 Å². The van der Waals surface area contributed by atoms with E-state index < -0.39 is 5.79 Å². The molecule has 1 aromatic rings. The molecule has 2 heterocycles. The van der Waals surface area contributed by atoms with Crippen molar-refractivity contribution < 1.29 is 18.9 Å². The van der Waals surface area contributed by atoms with Crippen molar-refractivity contribution in [3.8, 4) is 11.5 Å². The molecule has 98 valence electrons. The van der Waals surface area contributed by atoms with Gasteiger partial charge in [0, 0.05) is 5.56 Å². The maximum atomic E-state index is 5.82. The second-order valence-electron chi connectivity index (χ2n) is 4.37. The van der Waals surface area contributed by atoms with E-state index in [0.717, 1.165) is 23.5 Å². The number of hydrogen-bond acceptors (Lipinski definition) is 5. The molecule has 0 unspecified atom stereocenters. The van der Waals surface area contributed by atoms with E-state index in [-0.39, 0.29) is 6.54 Å². The van der Waals surface area contributed by atoms with Gasteiger partial charge in [0.25, 0.3) is 0 Å². The fourth-order valence-electron chi connectivity index (χ4n) is 2.26. The molecule has 18 heavy (non-hydrogen) atoms. The average Bonchev–Trinajstić information content (AvgIpc) is 2.47. The Hall–Kier alpha value is -1.30. The maximum absolute atomic E-state index is 5.82. The first kappa shape index (κ1) is 11.8. The SMILES string of the molecule is NCC1(c2ccc3c(c2)OCCO3)OCCCO1. The Morgan fingerprint density at radius 2 is 1.72 bits per heavy atom. The van der Waals surface area contributed by atoms with Crippen LogP contribution in [0.3, 0.4) is 0 Å². The van der Waals surface area contributed by atoms with Gasteiger partial charge in [-0.1, -0.05) is 0 Å². The molecule has 0 aliphatic carbocycles. The highest BCUT2D eigenvalue weighted by Crippen LogP contribution is 2.37. The van der Waals surface area contributed by atoms with Crippen LogP contribution in [0.1, 0.15) is 12.0 Å².